The molecule has 0 heterocycles. The highest BCUT2D eigenvalue weighted by atomic mass is 127. The van der Waals surface area contributed by atoms with Crippen molar-refractivity contribution in [2.75, 3.05) is 28.3 Å². The van der Waals surface area contributed by atoms with E-state index < -0.39 is 5.82 Å². The number of aliphatic imine (C=N–C) groups is 1. The second-order valence-electron chi connectivity index (χ2n) is 5.85. The van der Waals surface area contributed by atoms with Gasteiger partial charge < -0.3 is 19.7 Å². The van der Waals surface area contributed by atoms with Crippen molar-refractivity contribution >= 4 is 29.9 Å². The molecule has 0 aliphatic rings. The minimum atomic E-state index is -0.420. The van der Waals surface area contributed by atoms with E-state index in [0.29, 0.717) is 23.6 Å². The third-order valence-electron chi connectivity index (χ3n) is 4.09. The Balaban J connectivity index is 0.00000392. The van der Waals surface area contributed by atoms with Gasteiger partial charge in [-0.3, -0.25) is 4.99 Å². The summed E-state index contributed by atoms with van der Waals surface area (Å²) in [4.78, 5) is 6.15. The minimum Gasteiger partial charge on any atom is -0.497 e. The molecule has 2 aromatic rings. The molecule has 0 amide bonds. The molecule has 0 saturated heterocycles. The molecule has 2 aromatic carbocycles. The highest BCUT2D eigenvalue weighted by Gasteiger charge is 2.12. The van der Waals surface area contributed by atoms with Crippen LogP contribution in [-0.4, -0.2) is 39.2 Å². The molecule has 0 unspecified atom stereocenters. The number of nitrogens with zero attached hydrogens (tertiary/aromatic N) is 3. The first kappa shape index (κ1) is 23.5. The van der Waals surface area contributed by atoms with Gasteiger partial charge in [-0.15, -0.1) is 24.0 Å². The lowest BCUT2D eigenvalue weighted by atomic mass is 10.1. The SMILES string of the molecule is CN=C(NCc1ccc(C#N)cc1F)N(C)Cc1ccc(OC)cc1OC.I. The predicted molar refractivity (Wildman–Crippen MR) is 118 cm³/mol. The fourth-order valence-electron chi connectivity index (χ4n) is 2.63. The molecule has 0 fully saturated rings. The molecule has 0 saturated carbocycles. The third-order valence-corrected chi connectivity index (χ3v) is 4.09. The van der Waals surface area contributed by atoms with Gasteiger partial charge in [0.25, 0.3) is 0 Å². The first-order chi connectivity index (χ1) is 13.0. The van der Waals surface area contributed by atoms with Crippen LogP contribution in [0.4, 0.5) is 4.39 Å². The molecule has 0 spiro atoms. The summed E-state index contributed by atoms with van der Waals surface area (Å²) in [6.07, 6.45) is 0. The van der Waals surface area contributed by atoms with Crippen molar-refractivity contribution < 1.29 is 13.9 Å². The number of rotatable bonds is 6. The quantitative estimate of drug-likeness (QED) is 0.375. The van der Waals surface area contributed by atoms with Crippen LogP contribution in [-0.2, 0) is 13.1 Å². The van der Waals surface area contributed by atoms with Crippen LogP contribution in [0.3, 0.4) is 0 Å². The second kappa shape index (κ2) is 11.3. The van der Waals surface area contributed by atoms with Crippen molar-refractivity contribution in [1.29, 1.82) is 5.26 Å². The Morgan fingerprint density at radius 2 is 1.89 bits per heavy atom. The largest absolute Gasteiger partial charge is 0.497 e. The summed E-state index contributed by atoms with van der Waals surface area (Å²) in [6, 6.07) is 12.0. The molecule has 0 bridgehead atoms. The van der Waals surface area contributed by atoms with Crippen molar-refractivity contribution in [2.24, 2.45) is 4.99 Å². The molecule has 1 N–H and O–H groups in total. The zero-order valence-corrected chi connectivity index (χ0v) is 18.7. The van der Waals surface area contributed by atoms with E-state index in [2.05, 4.69) is 10.3 Å². The van der Waals surface area contributed by atoms with Gasteiger partial charge in [-0.25, -0.2) is 4.39 Å². The summed E-state index contributed by atoms with van der Waals surface area (Å²) in [7, 11) is 6.76. The Hall–Kier alpha value is -2.54. The minimum absolute atomic E-state index is 0. The standard InChI is InChI=1S/C20H23FN4O2.HI/c1-23-20(24-12-15-6-5-14(11-22)9-18(15)21)25(2)13-16-7-8-17(26-3)10-19(16)27-4;/h5-10H,12-13H2,1-4H3,(H,23,24);1H. The third kappa shape index (κ3) is 5.99. The molecular formula is C20H24FIN4O2. The molecule has 150 valence electrons. The zero-order valence-electron chi connectivity index (χ0n) is 16.3. The number of methoxy groups -OCH3 is 2. The molecular weight excluding hydrogens is 474 g/mol. The summed E-state index contributed by atoms with van der Waals surface area (Å²) < 4.78 is 24.7. The number of hydrogen-bond donors (Lipinski definition) is 1. The number of ether oxygens (including phenoxy) is 2. The molecule has 0 aromatic heterocycles. The Labute approximate surface area is 182 Å². The lowest BCUT2D eigenvalue weighted by Crippen LogP contribution is -2.38. The second-order valence-corrected chi connectivity index (χ2v) is 5.85. The maximum atomic E-state index is 14.0. The van der Waals surface area contributed by atoms with Crippen molar-refractivity contribution in [3.05, 3.63) is 58.9 Å². The number of halogens is 2. The Morgan fingerprint density at radius 3 is 2.46 bits per heavy atom. The van der Waals surface area contributed by atoms with E-state index in [9.17, 15) is 4.39 Å². The van der Waals surface area contributed by atoms with Crippen LogP contribution in [0.25, 0.3) is 0 Å². The van der Waals surface area contributed by atoms with Crippen molar-refractivity contribution in [3.63, 3.8) is 0 Å². The van der Waals surface area contributed by atoms with Crippen LogP contribution in [0.2, 0.25) is 0 Å². The van der Waals surface area contributed by atoms with Gasteiger partial charge in [-0.05, 0) is 24.3 Å². The van der Waals surface area contributed by atoms with Crippen LogP contribution in [0.5, 0.6) is 11.5 Å². The van der Waals surface area contributed by atoms with Crippen LogP contribution in [0, 0.1) is 17.1 Å². The number of benzene rings is 2. The average molecular weight is 498 g/mol. The molecule has 0 atom stereocenters. The first-order valence-corrected chi connectivity index (χ1v) is 8.33. The van der Waals surface area contributed by atoms with Gasteiger partial charge >= 0.3 is 0 Å². The summed E-state index contributed by atoms with van der Waals surface area (Å²) in [5.41, 5.74) is 1.73. The van der Waals surface area contributed by atoms with Gasteiger partial charge in [0, 0.05) is 44.4 Å². The van der Waals surface area contributed by atoms with Gasteiger partial charge in [-0.2, -0.15) is 5.26 Å². The zero-order chi connectivity index (χ0) is 19.8. The number of guanidine groups is 1. The maximum Gasteiger partial charge on any atom is 0.193 e. The van der Waals surface area contributed by atoms with Crippen LogP contribution in [0.15, 0.2) is 41.4 Å². The molecule has 0 aliphatic carbocycles. The maximum absolute atomic E-state index is 14.0. The molecule has 0 aliphatic heterocycles. The van der Waals surface area contributed by atoms with E-state index in [0.717, 1.165) is 17.1 Å². The fourth-order valence-corrected chi connectivity index (χ4v) is 2.63. The van der Waals surface area contributed by atoms with Gasteiger partial charge in [0.15, 0.2) is 5.96 Å². The summed E-state index contributed by atoms with van der Waals surface area (Å²) in [5, 5.41) is 12.0. The highest BCUT2D eigenvalue weighted by Crippen LogP contribution is 2.25. The smallest absolute Gasteiger partial charge is 0.193 e. The fraction of sp³-hybridized carbons (Fsp3) is 0.300. The van der Waals surface area contributed by atoms with E-state index in [1.54, 1.807) is 33.4 Å². The molecule has 6 nitrogen and oxygen atoms in total. The molecule has 2 rings (SSSR count). The van der Waals surface area contributed by atoms with Gasteiger partial charge in [0.05, 0.1) is 25.9 Å². The Kier molecular flexibility index (Phi) is 9.51. The topological polar surface area (TPSA) is 69.9 Å². The van der Waals surface area contributed by atoms with Crippen LogP contribution < -0.4 is 14.8 Å². The molecule has 0 radical (unpaired) electrons. The van der Waals surface area contributed by atoms with Crippen molar-refractivity contribution in [2.45, 2.75) is 13.1 Å². The van der Waals surface area contributed by atoms with E-state index in [1.807, 2.05) is 36.2 Å². The number of nitrogens with one attached hydrogen (secondary N) is 1. The van der Waals surface area contributed by atoms with E-state index in [1.165, 1.54) is 6.07 Å². The number of hydrogen-bond acceptors (Lipinski definition) is 4. The van der Waals surface area contributed by atoms with Crippen molar-refractivity contribution in [3.8, 4) is 17.6 Å². The highest BCUT2D eigenvalue weighted by molar-refractivity contribution is 14.0. The molecule has 28 heavy (non-hydrogen) atoms. The van der Waals surface area contributed by atoms with E-state index in [-0.39, 0.29) is 30.5 Å². The Morgan fingerprint density at radius 1 is 1.18 bits per heavy atom. The summed E-state index contributed by atoms with van der Waals surface area (Å²) >= 11 is 0. The lowest BCUT2D eigenvalue weighted by Gasteiger charge is -2.23. The van der Waals surface area contributed by atoms with E-state index in [4.69, 9.17) is 14.7 Å². The van der Waals surface area contributed by atoms with Gasteiger partial charge in [0.2, 0.25) is 0 Å². The van der Waals surface area contributed by atoms with Crippen molar-refractivity contribution in [1.82, 2.24) is 10.2 Å². The summed E-state index contributed by atoms with van der Waals surface area (Å²) in [6.45, 7) is 0.803. The van der Waals surface area contributed by atoms with Crippen LogP contribution >= 0.6 is 24.0 Å². The lowest BCUT2D eigenvalue weighted by molar-refractivity contribution is 0.382. The van der Waals surface area contributed by atoms with Crippen LogP contribution in [0.1, 0.15) is 16.7 Å². The number of nitriles is 1. The monoisotopic (exact) mass is 498 g/mol. The predicted octanol–water partition coefficient (Wildman–Crippen LogP) is 3.54. The average Bonchev–Trinajstić information content (AvgIpc) is 2.69. The van der Waals surface area contributed by atoms with Gasteiger partial charge in [-0.1, -0.05) is 6.07 Å². The van der Waals surface area contributed by atoms with Gasteiger partial charge in [0.1, 0.15) is 17.3 Å². The Bertz CT molecular complexity index is 868. The first-order valence-electron chi connectivity index (χ1n) is 8.33. The molecule has 8 heteroatoms. The summed E-state index contributed by atoms with van der Waals surface area (Å²) in [5.74, 6) is 1.62. The van der Waals surface area contributed by atoms with E-state index >= 15 is 0 Å². The normalized spacial score (nSPS) is 10.5.